The largest absolute Gasteiger partial charge is 0.465 e. The van der Waals surface area contributed by atoms with Crippen LogP contribution in [-0.2, 0) is 11.3 Å². The van der Waals surface area contributed by atoms with Crippen molar-refractivity contribution in [3.05, 3.63) is 29.8 Å². The number of imide groups is 1. The molecule has 2 atom stereocenters. The van der Waals surface area contributed by atoms with Gasteiger partial charge in [0.15, 0.2) is 0 Å². The first-order chi connectivity index (χ1) is 10.1. The number of nitrogens with one attached hydrogen (secondary N) is 1. The van der Waals surface area contributed by atoms with E-state index in [1.165, 1.54) is 0 Å². The van der Waals surface area contributed by atoms with Gasteiger partial charge in [-0.2, -0.15) is 0 Å². The summed E-state index contributed by atoms with van der Waals surface area (Å²) >= 11 is 3.27. The maximum Gasteiger partial charge on any atom is 0.415 e. The molecule has 3 rings (SSSR count). The minimum Gasteiger partial charge on any atom is -0.465 e. The number of alkyl halides is 1. The van der Waals surface area contributed by atoms with Crippen molar-refractivity contribution in [1.82, 2.24) is 10.2 Å². The van der Waals surface area contributed by atoms with E-state index in [0.29, 0.717) is 19.5 Å². The van der Waals surface area contributed by atoms with Gasteiger partial charge < -0.3 is 10.0 Å². The minimum atomic E-state index is -1.20. The fourth-order valence-corrected chi connectivity index (χ4v) is 3.61. The number of rotatable bonds is 1. The number of halogens is 1. The maximum absolute atomic E-state index is 12.5. The lowest BCUT2D eigenvalue weighted by Gasteiger charge is -2.42. The molecular formula is C14H16BrN3O3. The Morgan fingerprint density at radius 2 is 2.10 bits per heavy atom. The highest BCUT2D eigenvalue weighted by atomic mass is 79.9. The second kappa shape index (κ2) is 5.65. The van der Waals surface area contributed by atoms with Crippen molar-refractivity contribution >= 4 is 33.6 Å². The molecule has 2 aliphatic rings. The molecule has 0 bridgehead atoms. The summed E-state index contributed by atoms with van der Waals surface area (Å²) in [5.41, 5.74) is 2.13. The number of nitrogens with zero attached hydrogens (tertiary/aromatic N) is 2. The smallest absolute Gasteiger partial charge is 0.415 e. The van der Waals surface area contributed by atoms with Crippen molar-refractivity contribution in [3.63, 3.8) is 0 Å². The van der Waals surface area contributed by atoms with E-state index in [9.17, 15) is 14.7 Å². The highest BCUT2D eigenvalue weighted by molar-refractivity contribution is 9.09. The number of anilines is 1. The molecule has 6 nitrogen and oxygen atoms in total. The van der Waals surface area contributed by atoms with Gasteiger partial charge >= 0.3 is 6.09 Å². The molecule has 7 heteroatoms. The number of para-hydroxylation sites is 1. The number of hydrogen-bond donors (Lipinski definition) is 2. The number of hydrogen-bond acceptors (Lipinski definition) is 4. The van der Waals surface area contributed by atoms with Crippen LogP contribution in [0.25, 0.3) is 0 Å². The lowest BCUT2D eigenvalue weighted by molar-refractivity contribution is -0.133. The first-order valence-corrected chi connectivity index (χ1v) is 7.76. The zero-order valence-electron chi connectivity index (χ0n) is 11.3. The van der Waals surface area contributed by atoms with Crippen LogP contribution in [0.5, 0.6) is 0 Å². The second-order valence-corrected chi connectivity index (χ2v) is 6.26. The van der Waals surface area contributed by atoms with Crippen molar-refractivity contribution < 1.29 is 14.7 Å². The molecule has 1 fully saturated rings. The van der Waals surface area contributed by atoms with Crippen molar-refractivity contribution in [3.8, 4) is 0 Å². The molecule has 1 saturated heterocycles. The Morgan fingerprint density at radius 1 is 1.33 bits per heavy atom. The molecule has 0 aliphatic carbocycles. The van der Waals surface area contributed by atoms with E-state index in [-0.39, 0.29) is 5.91 Å². The molecular weight excluding hydrogens is 338 g/mol. The fourth-order valence-electron chi connectivity index (χ4n) is 2.96. The van der Waals surface area contributed by atoms with Gasteiger partial charge in [0.1, 0.15) is 6.04 Å². The minimum absolute atomic E-state index is 0.367. The van der Waals surface area contributed by atoms with E-state index in [4.69, 9.17) is 0 Å². The number of carboxylic acid groups (broad SMARTS) is 1. The third-order valence-electron chi connectivity index (χ3n) is 3.96. The van der Waals surface area contributed by atoms with E-state index < -0.39 is 17.1 Å². The van der Waals surface area contributed by atoms with Crippen LogP contribution in [0.1, 0.15) is 18.4 Å². The molecule has 0 saturated carbocycles. The number of likely N-dealkylation sites (tertiary alicyclic amines) is 1. The second-order valence-electron chi connectivity index (χ2n) is 5.20. The third-order valence-corrected chi connectivity index (χ3v) is 4.83. The number of fused-ring (bicyclic) bond motifs is 1. The molecule has 2 amide bonds. The van der Waals surface area contributed by atoms with Crippen molar-refractivity contribution in [2.75, 3.05) is 11.6 Å². The Balaban J connectivity index is 1.91. The maximum atomic E-state index is 12.5. The van der Waals surface area contributed by atoms with Gasteiger partial charge in [0, 0.05) is 12.2 Å². The van der Waals surface area contributed by atoms with Crippen LogP contribution in [0.2, 0.25) is 0 Å². The Kier molecular flexibility index (Phi) is 3.86. The molecule has 112 valence electrons. The van der Waals surface area contributed by atoms with Gasteiger partial charge in [-0.05, 0) is 24.5 Å². The molecule has 1 aromatic rings. The normalized spacial score (nSPS) is 25.7. The molecule has 2 unspecified atom stereocenters. The summed E-state index contributed by atoms with van der Waals surface area (Å²) in [6, 6.07) is 7.46. The lowest BCUT2D eigenvalue weighted by Crippen LogP contribution is -2.58. The van der Waals surface area contributed by atoms with Crippen LogP contribution >= 0.6 is 15.9 Å². The predicted octanol–water partition coefficient (Wildman–Crippen LogP) is 1.94. The summed E-state index contributed by atoms with van der Waals surface area (Å²) in [7, 11) is 0. The molecule has 21 heavy (non-hydrogen) atoms. The van der Waals surface area contributed by atoms with Crippen LogP contribution in [0.4, 0.5) is 10.5 Å². The number of benzene rings is 1. The average molecular weight is 354 g/mol. The van der Waals surface area contributed by atoms with E-state index in [0.717, 1.165) is 22.7 Å². The zero-order valence-corrected chi connectivity index (χ0v) is 12.9. The van der Waals surface area contributed by atoms with Crippen molar-refractivity contribution in [1.29, 1.82) is 0 Å². The van der Waals surface area contributed by atoms with Crippen molar-refractivity contribution in [2.45, 2.75) is 30.4 Å². The Hall–Kier alpha value is -1.60. The van der Waals surface area contributed by atoms with E-state index in [1.54, 1.807) is 0 Å². The van der Waals surface area contributed by atoms with E-state index in [1.807, 2.05) is 29.2 Å². The molecule has 0 spiro atoms. The number of carbonyl (C=O) groups is 2. The lowest BCUT2D eigenvalue weighted by atomic mass is 10.0. The standard InChI is InChI=1S/C14H16BrN3O3/c15-12-6-5-11(13(19)18(12)14(20)21)17-8-16-7-9-3-1-2-4-10(9)17/h1-4,11-12,16H,5-8H2,(H,20,21). The SMILES string of the molecule is O=C(O)N1C(=O)C(N2CNCc3ccccc32)CCC1Br. The van der Waals surface area contributed by atoms with Crippen molar-refractivity contribution in [2.24, 2.45) is 0 Å². The van der Waals surface area contributed by atoms with Crippen LogP contribution in [0, 0.1) is 0 Å². The molecule has 2 N–H and O–H groups in total. The number of piperidine rings is 1. The van der Waals surface area contributed by atoms with Gasteiger partial charge in [0.25, 0.3) is 5.91 Å². The molecule has 1 aromatic carbocycles. The van der Waals surface area contributed by atoms with E-state index >= 15 is 0 Å². The monoisotopic (exact) mass is 353 g/mol. The topological polar surface area (TPSA) is 72.9 Å². The van der Waals surface area contributed by atoms with Crippen LogP contribution in [0.15, 0.2) is 24.3 Å². The molecule has 0 radical (unpaired) electrons. The van der Waals surface area contributed by atoms with Gasteiger partial charge in [0.2, 0.25) is 0 Å². The molecule has 2 heterocycles. The van der Waals surface area contributed by atoms with Gasteiger partial charge in [-0.25, -0.2) is 9.69 Å². The Bertz CT molecular complexity index is 580. The summed E-state index contributed by atoms with van der Waals surface area (Å²) in [5.74, 6) is -0.367. The number of amides is 2. The van der Waals surface area contributed by atoms with Gasteiger partial charge in [-0.15, -0.1) is 0 Å². The molecule has 2 aliphatic heterocycles. The van der Waals surface area contributed by atoms with Gasteiger partial charge in [-0.1, -0.05) is 34.1 Å². The fraction of sp³-hybridized carbons (Fsp3) is 0.429. The van der Waals surface area contributed by atoms with Gasteiger partial charge in [-0.3, -0.25) is 10.1 Å². The number of carbonyl (C=O) groups excluding carboxylic acids is 1. The highest BCUT2D eigenvalue weighted by Crippen LogP contribution is 2.31. The Morgan fingerprint density at radius 3 is 2.86 bits per heavy atom. The summed E-state index contributed by atoms with van der Waals surface area (Å²) in [5, 5.41) is 12.5. The van der Waals surface area contributed by atoms with Crippen LogP contribution in [0.3, 0.4) is 0 Å². The quantitative estimate of drug-likeness (QED) is 0.596. The van der Waals surface area contributed by atoms with E-state index in [2.05, 4.69) is 21.2 Å². The van der Waals surface area contributed by atoms with Gasteiger partial charge in [0.05, 0.1) is 11.6 Å². The highest BCUT2D eigenvalue weighted by Gasteiger charge is 2.41. The zero-order chi connectivity index (χ0) is 15.0. The third kappa shape index (κ3) is 2.51. The Labute approximate surface area is 130 Å². The average Bonchev–Trinajstić information content (AvgIpc) is 2.47. The molecule has 0 aromatic heterocycles. The summed E-state index contributed by atoms with van der Waals surface area (Å²) in [4.78, 5) is 26.2. The first kappa shape index (κ1) is 14.3. The summed E-state index contributed by atoms with van der Waals surface area (Å²) in [6.45, 7) is 1.31. The summed E-state index contributed by atoms with van der Waals surface area (Å²) in [6.07, 6.45) is 0.0421. The first-order valence-electron chi connectivity index (χ1n) is 6.85. The summed E-state index contributed by atoms with van der Waals surface area (Å²) < 4.78 is 0. The van der Waals surface area contributed by atoms with Crippen LogP contribution in [-0.4, -0.2) is 39.7 Å². The predicted molar refractivity (Wildman–Crippen MR) is 81.2 cm³/mol. The van der Waals surface area contributed by atoms with Crippen LogP contribution < -0.4 is 10.2 Å².